The highest BCUT2D eigenvalue weighted by Gasteiger charge is 1.99. The first-order valence-corrected chi connectivity index (χ1v) is 2.85. The number of hydrogen-bond acceptors (Lipinski definition) is 3. The first kappa shape index (κ1) is 8.39. The third-order valence-corrected chi connectivity index (χ3v) is 0.951. The van der Waals surface area contributed by atoms with Crippen LogP contribution in [0.2, 0.25) is 0 Å². The fourth-order valence-corrected chi connectivity index (χ4v) is 0.415. The third-order valence-electron chi connectivity index (χ3n) is 0.951. The Morgan fingerprint density at radius 2 is 2.44 bits per heavy atom. The Morgan fingerprint density at radius 1 is 1.89 bits per heavy atom. The van der Waals surface area contributed by atoms with Crippen molar-refractivity contribution in [3.05, 3.63) is 0 Å². The van der Waals surface area contributed by atoms with Gasteiger partial charge in [-0.05, 0) is 13.3 Å². The maximum absolute atomic E-state index is 10.3. The molecule has 4 heteroatoms. The Labute approximate surface area is 54.0 Å². The Bertz CT molecular complexity index is 93.0. The molecule has 0 saturated carbocycles. The third kappa shape index (κ3) is 5.26. The largest absolute Gasteiger partial charge is 0.328 e. The van der Waals surface area contributed by atoms with Gasteiger partial charge in [0.15, 0.2) is 0 Å². The molecule has 1 unspecified atom stereocenters. The standard InChI is InChI=1S/C5H12N2O2/c1-4(6)2-3-5(8)7-9/h4,9H,2-3,6H2,1H3,(H,7,8). The van der Waals surface area contributed by atoms with Gasteiger partial charge in [0.1, 0.15) is 0 Å². The molecule has 1 atom stereocenters. The zero-order chi connectivity index (χ0) is 7.28. The van der Waals surface area contributed by atoms with Crippen LogP contribution in [0.15, 0.2) is 0 Å². The van der Waals surface area contributed by atoms with E-state index < -0.39 is 0 Å². The van der Waals surface area contributed by atoms with E-state index >= 15 is 0 Å². The molecule has 0 rings (SSSR count). The summed E-state index contributed by atoms with van der Waals surface area (Å²) in [4.78, 5) is 10.3. The molecule has 0 bridgehead atoms. The molecule has 0 aromatic rings. The van der Waals surface area contributed by atoms with E-state index in [0.29, 0.717) is 6.42 Å². The lowest BCUT2D eigenvalue weighted by Crippen LogP contribution is -2.22. The molecule has 0 radical (unpaired) electrons. The minimum absolute atomic E-state index is 0.0160. The number of carbonyl (C=O) groups excluding carboxylic acids is 1. The van der Waals surface area contributed by atoms with E-state index in [2.05, 4.69) is 0 Å². The number of hydroxylamine groups is 1. The summed E-state index contributed by atoms with van der Waals surface area (Å²) in [5.41, 5.74) is 6.86. The number of carbonyl (C=O) groups is 1. The van der Waals surface area contributed by atoms with Crippen LogP contribution < -0.4 is 11.2 Å². The number of rotatable bonds is 3. The Morgan fingerprint density at radius 3 is 2.78 bits per heavy atom. The SMILES string of the molecule is CC(N)CCC(=O)NO. The number of amides is 1. The zero-order valence-corrected chi connectivity index (χ0v) is 5.42. The zero-order valence-electron chi connectivity index (χ0n) is 5.42. The number of nitrogens with one attached hydrogen (secondary N) is 1. The van der Waals surface area contributed by atoms with Crippen LogP contribution in [0.4, 0.5) is 0 Å². The molecule has 0 aliphatic carbocycles. The summed E-state index contributed by atoms with van der Waals surface area (Å²) < 4.78 is 0. The highest BCUT2D eigenvalue weighted by molar-refractivity contribution is 5.74. The molecule has 4 nitrogen and oxygen atoms in total. The molecule has 0 aliphatic heterocycles. The molecule has 4 N–H and O–H groups in total. The average Bonchev–Trinajstić information content (AvgIpc) is 1.83. The van der Waals surface area contributed by atoms with Gasteiger partial charge >= 0.3 is 0 Å². The van der Waals surface area contributed by atoms with Gasteiger partial charge in [-0.3, -0.25) is 10.0 Å². The van der Waals surface area contributed by atoms with Gasteiger partial charge in [-0.2, -0.15) is 0 Å². The molecule has 54 valence electrons. The summed E-state index contributed by atoms with van der Waals surface area (Å²) in [6, 6.07) is 0.0160. The van der Waals surface area contributed by atoms with Gasteiger partial charge in [-0.1, -0.05) is 0 Å². The van der Waals surface area contributed by atoms with Crippen LogP contribution in [0.25, 0.3) is 0 Å². The van der Waals surface area contributed by atoms with E-state index in [1.807, 2.05) is 6.92 Å². The lowest BCUT2D eigenvalue weighted by molar-refractivity contribution is -0.129. The smallest absolute Gasteiger partial charge is 0.243 e. The van der Waals surface area contributed by atoms with Crippen LogP contribution in [0.5, 0.6) is 0 Å². The molecule has 0 aromatic heterocycles. The van der Waals surface area contributed by atoms with E-state index in [1.165, 1.54) is 5.48 Å². The van der Waals surface area contributed by atoms with E-state index in [-0.39, 0.29) is 18.4 Å². The highest BCUT2D eigenvalue weighted by atomic mass is 16.5. The van der Waals surface area contributed by atoms with E-state index in [1.54, 1.807) is 0 Å². The molecular formula is C5H12N2O2. The minimum atomic E-state index is -0.382. The summed E-state index contributed by atoms with van der Waals surface area (Å²) >= 11 is 0. The van der Waals surface area contributed by atoms with Crippen molar-refractivity contribution in [1.82, 2.24) is 5.48 Å². The van der Waals surface area contributed by atoms with Crippen molar-refractivity contribution < 1.29 is 10.0 Å². The van der Waals surface area contributed by atoms with Crippen molar-refractivity contribution >= 4 is 5.91 Å². The molecule has 0 aromatic carbocycles. The quantitative estimate of drug-likeness (QED) is 0.362. The maximum Gasteiger partial charge on any atom is 0.243 e. The van der Waals surface area contributed by atoms with Gasteiger partial charge in [0.25, 0.3) is 0 Å². The van der Waals surface area contributed by atoms with E-state index in [4.69, 9.17) is 10.9 Å². The molecule has 9 heavy (non-hydrogen) atoms. The summed E-state index contributed by atoms with van der Waals surface area (Å²) in [6.07, 6.45) is 0.889. The molecular weight excluding hydrogens is 120 g/mol. The lowest BCUT2D eigenvalue weighted by atomic mass is 10.2. The number of nitrogens with two attached hydrogens (primary N) is 1. The van der Waals surface area contributed by atoms with Crippen LogP contribution in [0.1, 0.15) is 19.8 Å². The normalized spacial score (nSPS) is 12.8. The van der Waals surface area contributed by atoms with Gasteiger partial charge in [0.05, 0.1) is 0 Å². The number of hydrogen-bond donors (Lipinski definition) is 3. The maximum atomic E-state index is 10.3. The first-order valence-electron chi connectivity index (χ1n) is 2.85. The van der Waals surface area contributed by atoms with Crippen LogP contribution >= 0.6 is 0 Å². The summed E-state index contributed by atoms with van der Waals surface area (Å²) in [6.45, 7) is 1.81. The first-order chi connectivity index (χ1) is 4.16. The molecule has 1 amide bonds. The van der Waals surface area contributed by atoms with Crippen LogP contribution in [-0.4, -0.2) is 17.2 Å². The Kier molecular flexibility index (Phi) is 4.00. The summed E-state index contributed by atoms with van der Waals surface area (Å²) in [5, 5.41) is 8.01. The minimum Gasteiger partial charge on any atom is -0.328 e. The van der Waals surface area contributed by atoms with Gasteiger partial charge in [0.2, 0.25) is 5.91 Å². The van der Waals surface area contributed by atoms with E-state index in [0.717, 1.165) is 0 Å². The second-order valence-electron chi connectivity index (χ2n) is 2.05. The molecule has 0 saturated heterocycles. The molecule has 0 aliphatic rings. The topological polar surface area (TPSA) is 75.4 Å². The predicted molar refractivity (Wildman–Crippen MR) is 32.8 cm³/mol. The molecule has 0 fully saturated rings. The van der Waals surface area contributed by atoms with Crippen molar-refractivity contribution in [2.75, 3.05) is 0 Å². The lowest BCUT2D eigenvalue weighted by Gasteiger charge is -2.01. The highest BCUT2D eigenvalue weighted by Crippen LogP contribution is 1.91. The van der Waals surface area contributed by atoms with Gasteiger partial charge in [-0.25, -0.2) is 5.48 Å². The summed E-state index contributed by atoms with van der Waals surface area (Å²) in [7, 11) is 0. The van der Waals surface area contributed by atoms with E-state index in [9.17, 15) is 4.79 Å². The van der Waals surface area contributed by atoms with Crippen LogP contribution in [0, 0.1) is 0 Å². The van der Waals surface area contributed by atoms with Crippen molar-refractivity contribution in [3.63, 3.8) is 0 Å². The second-order valence-corrected chi connectivity index (χ2v) is 2.05. The second kappa shape index (κ2) is 4.29. The predicted octanol–water partition coefficient (Wildman–Crippen LogP) is -0.381. The fraction of sp³-hybridized carbons (Fsp3) is 0.800. The van der Waals surface area contributed by atoms with Crippen LogP contribution in [-0.2, 0) is 4.79 Å². The van der Waals surface area contributed by atoms with Gasteiger partial charge < -0.3 is 5.73 Å². The van der Waals surface area contributed by atoms with Crippen molar-refractivity contribution in [2.24, 2.45) is 5.73 Å². The monoisotopic (exact) mass is 132 g/mol. The van der Waals surface area contributed by atoms with Crippen molar-refractivity contribution in [1.29, 1.82) is 0 Å². The van der Waals surface area contributed by atoms with Gasteiger partial charge in [0, 0.05) is 12.5 Å². The van der Waals surface area contributed by atoms with Crippen molar-refractivity contribution in [3.8, 4) is 0 Å². The molecule has 0 spiro atoms. The Balaban J connectivity index is 3.17. The van der Waals surface area contributed by atoms with Gasteiger partial charge in [-0.15, -0.1) is 0 Å². The van der Waals surface area contributed by atoms with Crippen LogP contribution in [0.3, 0.4) is 0 Å². The average molecular weight is 132 g/mol. The fourth-order valence-electron chi connectivity index (χ4n) is 0.415. The Hall–Kier alpha value is -0.610. The van der Waals surface area contributed by atoms with Crippen molar-refractivity contribution in [2.45, 2.75) is 25.8 Å². The molecule has 0 heterocycles. The summed E-state index contributed by atoms with van der Waals surface area (Å²) in [5.74, 6) is -0.382.